The van der Waals surface area contributed by atoms with Crippen LogP contribution in [-0.4, -0.2) is 59.9 Å². The summed E-state index contributed by atoms with van der Waals surface area (Å²) < 4.78 is 38.6. The Morgan fingerprint density at radius 3 is 2.56 bits per heavy atom. The van der Waals surface area contributed by atoms with Gasteiger partial charge in [0.15, 0.2) is 0 Å². The Kier molecular flexibility index (Phi) is 7.18. The number of hydrogen-bond donors (Lipinski definition) is 2. The van der Waals surface area contributed by atoms with E-state index in [9.17, 15) is 18.7 Å². The van der Waals surface area contributed by atoms with Crippen LogP contribution in [0, 0.1) is 11.6 Å². The van der Waals surface area contributed by atoms with Crippen molar-refractivity contribution >= 4 is 22.8 Å². The Morgan fingerprint density at radius 1 is 1.18 bits per heavy atom. The molecule has 2 atom stereocenters. The Labute approximate surface area is 195 Å². The summed E-state index contributed by atoms with van der Waals surface area (Å²) in [4.78, 5) is 24.1. The molecule has 0 bridgehead atoms. The molecule has 1 aliphatic heterocycles. The summed E-state index contributed by atoms with van der Waals surface area (Å²) in [5.74, 6) is -1.24. The first-order chi connectivity index (χ1) is 16.3. The first-order valence-electron chi connectivity index (χ1n) is 11.0. The van der Waals surface area contributed by atoms with E-state index >= 15 is 0 Å². The molecule has 10 heteroatoms. The van der Waals surface area contributed by atoms with E-state index in [1.807, 2.05) is 0 Å². The molecule has 0 saturated carbocycles. The Hall–Kier alpha value is -3.37. The zero-order valence-electron chi connectivity index (χ0n) is 18.9. The lowest BCUT2D eigenvalue weighted by Crippen LogP contribution is -2.36. The molecule has 0 radical (unpaired) electrons. The highest BCUT2D eigenvalue weighted by Crippen LogP contribution is 2.30. The quantitative estimate of drug-likeness (QED) is 0.546. The topological polar surface area (TPSA) is 96.8 Å². The smallest absolute Gasteiger partial charge is 0.251 e. The zero-order valence-corrected chi connectivity index (χ0v) is 18.9. The lowest BCUT2D eigenvalue weighted by Gasteiger charge is -2.28. The van der Waals surface area contributed by atoms with Crippen molar-refractivity contribution in [2.24, 2.45) is 0 Å². The molecular weight excluding hydrogens is 446 g/mol. The monoisotopic (exact) mass is 472 g/mol. The van der Waals surface area contributed by atoms with Gasteiger partial charge >= 0.3 is 0 Å². The van der Waals surface area contributed by atoms with E-state index in [0.29, 0.717) is 54.3 Å². The normalized spacial score (nSPS) is 15.7. The van der Waals surface area contributed by atoms with Gasteiger partial charge in [-0.3, -0.25) is 9.78 Å². The fourth-order valence-corrected chi connectivity index (χ4v) is 3.72. The molecule has 4 rings (SSSR count). The summed E-state index contributed by atoms with van der Waals surface area (Å²) in [6.45, 7) is 5.87. The zero-order chi connectivity index (χ0) is 24.2. The van der Waals surface area contributed by atoms with Gasteiger partial charge < -0.3 is 24.8 Å². The first-order valence-corrected chi connectivity index (χ1v) is 11.0. The molecule has 2 aromatic carbocycles. The number of hydrogen-bond acceptors (Lipinski definition) is 7. The highest BCUT2D eigenvalue weighted by Gasteiger charge is 2.21. The predicted molar refractivity (Wildman–Crippen MR) is 122 cm³/mol. The minimum absolute atomic E-state index is 0.0133. The van der Waals surface area contributed by atoms with Crippen LogP contribution in [0.1, 0.15) is 35.9 Å². The molecule has 2 heterocycles. The third kappa shape index (κ3) is 5.57. The van der Waals surface area contributed by atoms with Crippen molar-refractivity contribution in [2.75, 3.05) is 37.7 Å². The summed E-state index contributed by atoms with van der Waals surface area (Å²) in [6, 6.07) is 6.18. The number of aliphatic hydroxyl groups excluding tert-OH is 1. The third-order valence-corrected chi connectivity index (χ3v) is 5.41. The van der Waals surface area contributed by atoms with Gasteiger partial charge in [-0.25, -0.2) is 13.8 Å². The number of nitrogens with zero attached hydrogens (tertiary/aromatic N) is 3. The number of fused-ring (bicyclic) bond motifs is 1. The number of aliphatic hydroxyl groups is 1. The average molecular weight is 472 g/mol. The van der Waals surface area contributed by atoms with Crippen LogP contribution in [0.25, 0.3) is 11.0 Å². The van der Waals surface area contributed by atoms with Crippen molar-refractivity contribution < 1.29 is 28.2 Å². The van der Waals surface area contributed by atoms with Crippen molar-refractivity contribution in [3.8, 4) is 5.75 Å². The van der Waals surface area contributed by atoms with Crippen molar-refractivity contribution in [3.63, 3.8) is 0 Å². The number of carbonyl (C=O) groups excluding carboxylic acids is 1. The Balaban J connectivity index is 1.74. The van der Waals surface area contributed by atoms with Crippen LogP contribution in [0.4, 0.5) is 14.6 Å². The van der Waals surface area contributed by atoms with Gasteiger partial charge in [0.05, 0.1) is 36.5 Å². The second kappa shape index (κ2) is 10.3. The number of morpholine rings is 1. The van der Waals surface area contributed by atoms with E-state index in [0.717, 1.165) is 18.2 Å². The number of nitrogens with one attached hydrogen (secondary N) is 1. The lowest BCUT2D eigenvalue weighted by atomic mass is 10.0. The highest BCUT2D eigenvalue weighted by atomic mass is 19.1. The lowest BCUT2D eigenvalue weighted by molar-refractivity contribution is 0.0924. The number of halogens is 2. The fourth-order valence-electron chi connectivity index (χ4n) is 3.72. The number of amides is 1. The summed E-state index contributed by atoms with van der Waals surface area (Å²) in [7, 11) is 0. The van der Waals surface area contributed by atoms with Gasteiger partial charge in [0.2, 0.25) is 0 Å². The van der Waals surface area contributed by atoms with Crippen molar-refractivity contribution in [1.29, 1.82) is 0 Å². The van der Waals surface area contributed by atoms with Gasteiger partial charge in [0.25, 0.3) is 5.91 Å². The molecule has 2 N–H and O–H groups in total. The van der Waals surface area contributed by atoms with Gasteiger partial charge in [0.1, 0.15) is 29.3 Å². The standard InChI is InChI=1S/C24H26F2N4O4/c1-14(31)12-28-24(32)16-7-20(15(2)34-19-10-17(25)9-18(26)11-19)23-21(8-16)27-13-22(29-23)30-3-5-33-6-4-30/h7-11,13-15,31H,3-6,12H2,1-2H3,(H,28,32)/t14-,15?/m1/s1. The number of benzene rings is 2. The molecule has 1 fully saturated rings. The number of rotatable bonds is 7. The van der Waals surface area contributed by atoms with Crippen molar-refractivity contribution in [3.05, 3.63) is 59.3 Å². The predicted octanol–water partition coefficient (Wildman–Crippen LogP) is 3.00. The minimum atomic E-state index is -0.757. The molecular formula is C24H26F2N4O4. The Morgan fingerprint density at radius 2 is 1.88 bits per heavy atom. The summed E-state index contributed by atoms with van der Waals surface area (Å²) in [6.07, 6.45) is 0.231. The van der Waals surface area contributed by atoms with E-state index in [4.69, 9.17) is 14.5 Å². The van der Waals surface area contributed by atoms with E-state index in [1.54, 1.807) is 32.2 Å². The molecule has 34 heavy (non-hydrogen) atoms. The fraction of sp³-hybridized carbons (Fsp3) is 0.375. The van der Waals surface area contributed by atoms with E-state index in [2.05, 4.69) is 15.2 Å². The summed E-state index contributed by atoms with van der Waals surface area (Å²) in [5.41, 5.74) is 1.82. The molecule has 3 aromatic rings. The highest BCUT2D eigenvalue weighted by molar-refractivity contribution is 5.98. The van der Waals surface area contributed by atoms with Crippen LogP contribution in [0.2, 0.25) is 0 Å². The van der Waals surface area contributed by atoms with E-state index in [1.165, 1.54) is 0 Å². The molecule has 1 aliphatic rings. The van der Waals surface area contributed by atoms with Crippen LogP contribution >= 0.6 is 0 Å². The second-order valence-corrected chi connectivity index (χ2v) is 8.19. The van der Waals surface area contributed by atoms with Gasteiger partial charge in [0, 0.05) is 49.0 Å². The average Bonchev–Trinajstić information content (AvgIpc) is 2.81. The van der Waals surface area contributed by atoms with E-state index < -0.39 is 29.7 Å². The number of ether oxygens (including phenoxy) is 2. The second-order valence-electron chi connectivity index (χ2n) is 8.19. The molecule has 180 valence electrons. The maximum absolute atomic E-state index is 13.7. The van der Waals surface area contributed by atoms with Gasteiger partial charge in [-0.2, -0.15) is 0 Å². The SMILES string of the molecule is CC(Oc1cc(F)cc(F)c1)c1cc(C(=O)NC[C@@H](C)O)cc2ncc(N3CCOCC3)nc12. The van der Waals surface area contributed by atoms with Crippen molar-refractivity contribution in [1.82, 2.24) is 15.3 Å². The number of anilines is 1. The maximum Gasteiger partial charge on any atom is 0.251 e. The van der Waals surface area contributed by atoms with Gasteiger partial charge in [-0.1, -0.05) is 0 Å². The van der Waals surface area contributed by atoms with Crippen LogP contribution < -0.4 is 15.0 Å². The van der Waals surface area contributed by atoms with Crippen LogP contribution in [0.5, 0.6) is 5.75 Å². The summed E-state index contributed by atoms with van der Waals surface area (Å²) in [5, 5.41) is 12.2. The largest absolute Gasteiger partial charge is 0.486 e. The molecule has 0 aliphatic carbocycles. The third-order valence-electron chi connectivity index (χ3n) is 5.41. The van der Waals surface area contributed by atoms with Crippen LogP contribution in [0.3, 0.4) is 0 Å². The van der Waals surface area contributed by atoms with Crippen LogP contribution in [0.15, 0.2) is 36.5 Å². The molecule has 1 saturated heterocycles. The molecule has 0 spiro atoms. The first kappa shape index (κ1) is 23.8. The van der Waals surface area contributed by atoms with Crippen molar-refractivity contribution in [2.45, 2.75) is 26.1 Å². The van der Waals surface area contributed by atoms with Gasteiger partial charge in [-0.15, -0.1) is 0 Å². The number of carbonyl (C=O) groups is 1. The molecule has 1 aromatic heterocycles. The van der Waals surface area contributed by atoms with Gasteiger partial charge in [-0.05, 0) is 26.0 Å². The number of aromatic nitrogens is 2. The van der Waals surface area contributed by atoms with Crippen LogP contribution in [-0.2, 0) is 4.74 Å². The molecule has 1 amide bonds. The minimum Gasteiger partial charge on any atom is -0.486 e. The maximum atomic E-state index is 13.7. The molecule has 1 unspecified atom stereocenters. The van der Waals surface area contributed by atoms with E-state index in [-0.39, 0.29) is 12.3 Å². The molecule has 8 nitrogen and oxygen atoms in total. The summed E-state index contributed by atoms with van der Waals surface area (Å²) >= 11 is 0. The Bertz CT molecular complexity index is 1160.